The Hall–Kier alpha value is -2.73. The monoisotopic (exact) mass is 481 g/mol. The van der Waals surface area contributed by atoms with Crippen LogP contribution < -0.4 is 15.0 Å². The lowest BCUT2D eigenvalue weighted by Gasteiger charge is -2.37. The first kappa shape index (κ1) is 23.9. The van der Waals surface area contributed by atoms with Crippen molar-refractivity contribution in [3.05, 3.63) is 24.3 Å². The Kier molecular flexibility index (Phi) is 8.39. The number of hydrogen-bond donors (Lipinski definition) is 1. The van der Waals surface area contributed by atoms with Crippen molar-refractivity contribution < 1.29 is 23.3 Å². The molecule has 1 aliphatic rings. The molecule has 3 rings (SSSR count). The standard InChI is InChI=1S/C20H27N5O5S2/c1-4-5-8-13-32(28)19-23-22-17(31-19)25-16(11-12-24(2)20(25)27)30-18(26)21-14-9-6-7-10-15(14)29-3/h6-7,9-10,16H,4-5,8,11-13H2,1-3H3,(H,21,26). The van der Waals surface area contributed by atoms with Crippen LogP contribution in [0.5, 0.6) is 5.75 Å². The van der Waals surface area contributed by atoms with Crippen molar-refractivity contribution in [3.8, 4) is 5.75 Å². The van der Waals surface area contributed by atoms with Crippen molar-refractivity contribution in [2.24, 2.45) is 0 Å². The SMILES string of the molecule is CCCCCS(=O)c1nnc(N2C(=O)N(C)CCC2OC(=O)Nc2ccccc2OC)s1. The lowest BCUT2D eigenvalue weighted by Crippen LogP contribution is -2.55. The van der Waals surface area contributed by atoms with E-state index in [0.717, 1.165) is 30.6 Å². The molecule has 10 nitrogen and oxygen atoms in total. The Morgan fingerprint density at radius 1 is 1.31 bits per heavy atom. The zero-order valence-electron chi connectivity index (χ0n) is 18.3. The van der Waals surface area contributed by atoms with Gasteiger partial charge in [0, 0.05) is 25.8 Å². The number of para-hydroxylation sites is 2. The number of amides is 3. The van der Waals surface area contributed by atoms with Crippen LogP contribution in [0.2, 0.25) is 0 Å². The van der Waals surface area contributed by atoms with Crippen molar-refractivity contribution in [2.45, 2.75) is 43.2 Å². The summed E-state index contributed by atoms with van der Waals surface area (Å²) >= 11 is 1.08. The molecule has 2 heterocycles. The van der Waals surface area contributed by atoms with Crippen LogP contribution in [-0.2, 0) is 15.5 Å². The van der Waals surface area contributed by atoms with Gasteiger partial charge in [0.25, 0.3) is 0 Å². The van der Waals surface area contributed by atoms with Gasteiger partial charge in [0.2, 0.25) is 9.47 Å². The number of carbonyl (C=O) groups is 2. The van der Waals surface area contributed by atoms with E-state index in [1.54, 1.807) is 31.3 Å². The molecule has 1 aliphatic heterocycles. The fraction of sp³-hybridized carbons (Fsp3) is 0.500. The largest absolute Gasteiger partial charge is 0.495 e. The number of carbonyl (C=O) groups excluding carboxylic acids is 2. The molecular formula is C20H27N5O5S2. The zero-order valence-corrected chi connectivity index (χ0v) is 19.9. The van der Waals surface area contributed by atoms with Gasteiger partial charge < -0.3 is 14.4 Å². The average molecular weight is 482 g/mol. The van der Waals surface area contributed by atoms with E-state index < -0.39 is 23.1 Å². The Morgan fingerprint density at radius 2 is 2.09 bits per heavy atom. The van der Waals surface area contributed by atoms with E-state index in [2.05, 4.69) is 22.4 Å². The Labute approximate surface area is 193 Å². The molecule has 2 unspecified atom stereocenters. The van der Waals surface area contributed by atoms with Crippen molar-refractivity contribution in [1.29, 1.82) is 0 Å². The fourth-order valence-electron chi connectivity index (χ4n) is 3.13. The van der Waals surface area contributed by atoms with E-state index in [-0.39, 0.29) is 11.2 Å². The molecule has 1 aromatic heterocycles. The molecule has 0 aliphatic carbocycles. The minimum Gasteiger partial charge on any atom is -0.495 e. The molecule has 0 spiro atoms. The Morgan fingerprint density at radius 3 is 2.84 bits per heavy atom. The predicted octanol–water partition coefficient (Wildman–Crippen LogP) is 3.68. The highest BCUT2D eigenvalue weighted by Gasteiger charge is 2.37. The van der Waals surface area contributed by atoms with Crippen molar-refractivity contribution in [1.82, 2.24) is 15.1 Å². The maximum absolute atomic E-state index is 12.8. The maximum atomic E-state index is 12.8. The third-order valence-corrected chi connectivity index (χ3v) is 7.50. The number of methoxy groups -OCH3 is 1. The van der Waals surface area contributed by atoms with Gasteiger partial charge in [0.05, 0.1) is 23.6 Å². The number of hydrogen-bond acceptors (Lipinski definition) is 8. The van der Waals surface area contributed by atoms with Crippen LogP contribution >= 0.6 is 11.3 Å². The van der Waals surface area contributed by atoms with E-state index in [4.69, 9.17) is 9.47 Å². The molecule has 0 saturated carbocycles. The van der Waals surface area contributed by atoms with Crippen LogP contribution in [-0.4, -0.2) is 64.1 Å². The van der Waals surface area contributed by atoms with Gasteiger partial charge in [-0.3, -0.25) is 9.53 Å². The molecule has 174 valence electrons. The number of urea groups is 1. The zero-order chi connectivity index (χ0) is 23.1. The summed E-state index contributed by atoms with van der Waals surface area (Å²) < 4.78 is 23.6. The highest BCUT2D eigenvalue weighted by atomic mass is 32.2. The number of nitrogens with zero attached hydrogens (tertiary/aromatic N) is 4. The average Bonchev–Trinajstić information content (AvgIpc) is 3.27. The van der Waals surface area contributed by atoms with Gasteiger partial charge in [-0.25, -0.2) is 14.5 Å². The van der Waals surface area contributed by atoms with Gasteiger partial charge >= 0.3 is 12.1 Å². The third-order valence-electron chi connectivity index (χ3n) is 4.85. The van der Waals surface area contributed by atoms with Gasteiger partial charge in [-0.05, 0) is 18.6 Å². The summed E-state index contributed by atoms with van der Waals surface area (Å²) in [6.45, 7) is 2.49. The summed E-state index contributed by atoms with van der Waals surface area (Å²) in [5.74, 6) is 0.984. The minimum absolute atomic E-state index is 0.246. The summed E-state index contributed by atoms with van der Waals surface area (Å²) in [6.07, 6.45) is 1.64. The molecular weight excluding hydrogens is 454 g/mol. The third kappa shape index (κ3) is 5.74. The van der Waals surface area contributed by atoms with Gasteiger partial charge in [-0.2, -0.15) is 0 Å². The summed E-state index contributed by atoms with van der Waals surface area (Å²) in [5.41, 5.74) is 0.450. The summed E-state index contributed by atoms with van der Waals surface area (Å²) in [7, 11) is 1.88. The fourth-order valence-corrected chi connectivity index (χ4v) is 5.36. The molecule has 0 bridgehead atoms. The normalized spacial score (nSPS) is 17.2. The quantitative estimate of drug-likeness (QED) is 0.429. The number of benzene rings is 1. The molecule has 0 radical (unpaired) electrons. The van der Waals surface area contributed by atoms with E-state index in [9.17, 15) is 13.8 Å². The minimum atomic E-state index is -1.28. The lowest BCUT2D eigenvalue weighted by molar-refractivity contribution is 0.0841. The number of unbranched alkanes of at least 4 members (excludes halogenated alkanes) is 2. The van der Waals surface area contributed by atoms with E-state index in [0.29, 0.717) is 34.5 Å². The molecule has 12 heteroatoms. The predicted molar refractivity (Wildman–Crippen MR) is 123 cm³/mol. The Balaban J connectivity index is 1.73. The van der Waals surface area contributed by atoms with Crippen molar-refractivity contribution >= 4 is 45.1 Å². The number of rotatable bonds is 9. The van der Waals surface area contributed by atoms with Crippen molar-refractivity contribution in [2.75, 3.05) is 36.7 Å². The van der Waals surface area contributed by atoms with Gasteiger partial charge in [0.1, 0.15) is 5.75 Å². The first-order valence-corrected chi connectivity index (χ1v) is 12.4. The van der Waals surface area contributed by atoms with Crippen LogP contribution in [0.3, 0.4) is 0 Å². The van der Waals surface area contributed by atoms with E-state index in [1.165, 1.54) is 16.9 Å². The molecule has 1 N–H and O–H groups in total. The second kappa shape index (κ2) is 11.2. The van der Waals surface area contributed by atoms with Crippen LogP contribution in [0.15, 0.2) is 28.6 Å². The van der Waals surface area contributed by atoms with Crippen LogP contribution in [0.4, 0.5) is 20.4 Å². The molecule has 32 heavy (non-hydrogen) atoms. The number of nitrogens with one attached hydrogen (secondary N) is 1. The molecule has 1 aromatic carbocycles. The van der Waals surface area contributed by atoms with Crippen molar-refractivity contribution in [3.63, 3.8) is 0 Å². The number of aromatic nitrogens is 2. The van der Waals surface area contributed by atoms with Gasteiger partial charge in [0.15, 0.2) is 6.23 Å². The van der Waals surface area contributed by atoms with E-state index in [1.807, 2.05) is 0 Å². The van der Waals surface area contributed by atoms with Gasteiger partial charge in [-0.15, -0.1) is 10.2 Å². The second-order valence-electron chi connectivity index (χ2n) is 7.16. The molecule has 1 fully saturated rings. The topological polar surface area (TPSA) is 114 Å². The highest BCUT2D eigenvalue weighted by Crippen LogP contribution is 2.30. The smallest absolute Gasteiger partial charge is 0.413 e. The van der Waals surface area contributed by atoms with Crippen LogP contribution in [0.1, 0.15) is 32.6 Å². The van der Waals surface area contributed by atoms with E-state index >= 15 is 0 Å². The second-order valence-corrected chi connectivity index (χ2v) is 9.86. The molecule has 2 atom stereocenters. The first-order chi connectivity index (χ1) is 15.4. The summed E-state index contributed by atoms with van der Waals surface area (Å²) in [4.78, 5) is 28.2. The summed E-state index contributed by atoms with van der Waals surface area (Å²) in [6, 6.07) is 6.57. The Bertz CT molecular complexity index is 969. The van der Waals surface area contributed by atoms with Crippen LogP contribution in [0.25, 0.3) is 0 Å². The molecule has 2 aromatic rings. The molecule has 1 saturated heterocycles. The summed E-state index contributed by atoms with van der Waals surface area (Å²) in [5, 5.41) is 11.0. The lowest BCUT2D eigenvalue weighted by atomic mass is 10.3. The molecule has 3 amide bonds. The number of anilines is 2. The highest BCUT2D eigenvalue weighted by molar-refractivity contribution is 7.87. The first-order valence-electron chi connectivity index (χ1n) is 10.3. The van der Waals surface area contributed by atoms with Gasteiger partial charge in [-0.1, -0.05) is 43.2 Å². The van der Waals surface area contributed by atoms with Crippen LogP contribution in [0, 0.1) is 0 Å². The number of ether oxygens (including phenoxy) is 2. The maximum Gasteiger partial charge on any atom is 0.413 e.